The van der Waals surface area contributed by atoms with Gasteiger partial charge in [0, 0.05) is 12.0 Å². The molecule has 0 bridgehead atoms. The summed E-state index contributed by atoms with van der Waals surface area (Å²) in [5, 5.41) is 2.95. The molecule has 0 fully saturated rings. The largest absolute Gasteiger partial charge is 0.493 e. The van der Waals surface area contributed by atoms with Gasteiger partial charge < -0.3 is 10.1 Å². The van der Waals surface area contributed by atoms with Crippen LogP contribution < -0.4 is 10.1 Å². The minimum absolute atomic E-state index is 0.132. The molecule has 3 nitrogen and oxygen atoms in total. The van der Waals surface area contributed by atoms with E-state index in [4.69, 9.17) is 4.74 Å². The Bertz CT molecular complexity index is 387. The Kier molecular flexibility index (Phi) is 2.73. The molecule has 1 aliphatic heterocycles. The first kappa shape index (κ1) is 10.2. The predicted molar refractivity (Wildman–Crippen MR) is 58.5 cm³/mol. The number of carbonyl (C=O) groups is 1. The molecule has 15 heavy (non-hydrogen) atoms. The minimum Gasteiger partial charge on any atom is -0.493 e. The van der Waals surface area contributed by atoms with E-state index < -0.39 is 0 Å². The second kappa shape index (κ2) is 4.03. The molecule has 80 valence electrons. The van der Waals surface area contributed by atoms with Crippen molar-refractivity contribution in [3.05, 3.63) is 29.3 Å². The zero-order valence-corrected chi connectivity index (χ0v) is 9.04. The first-order chi connectivity index (χ1) is 7.22. The van der Waals surface area contributed by atoms with Crippen LogP contribution in [-0.4, -0.2) is 25.5 Å². The third-order valence-corrected chi connectivity index (χ3v) is 2.80. The molecule has 0 radical (unpaired) electrons. The van der Waals surface area contributed by atoms with Crippen molar-refractivity contribution in [3.8, 4) is 5.75 Å². The Labute approximate surface area is 89.4 Å². The van der Waals surface area contributed by atoms with Gasteiger partial charge in [-0.15, -0.1) is 0 Å². The van der Waals surface area contributed by atoms with Crippen LogP contribution in [0, 0.1) is 0 Å². The Morgan fingerprint density at radius 2 is 2.33 bits per heavy atom. The predicted octanol–water partition coefficient (Wildman–Crippen LogP) is 1.41. The highest BCUT2D eigenvalue weighted by Crippen LogP contribution is 2.26. The Morgan fingerprint density at radius 3 is 3.07 bits per heavy atom. The number of ketones is 1. The highest BCUT2D eigenvalue weighted by molar-refractivity contribution is 6.00. The smallest absolute Gasteiger partial charge is 0.179 e. The van der Waals surface area contributed by atoms with Crippen molar-refractivity contribution in [2.45, 2.75) is 19.4 Å². The number of hydrogen-bond donors (Lipinski definition) is 1. The zero-order valence-electron chi connectivity index (χ0n) is 9.04. The molecular formula is C12H15NO2. The molecule has 0 aliphatic carbocycles. The summed E-state index contributed by atoms with van der Waals surface area (Å²) in [6, 6.07) is 5.53. The first-order valence-electron chi connectivity index (χ1n) is 5.19. The lowest BCUT2D eigenvalue weighted by atomic mass is 10.0. The fraction of sp³-hybridized carbons (Fsp3) is 0.417. The first-order valence-corrected chi connectivity index (χ1v) is 5.19. The number of nitrogens with one attached hydrogen (secondary N) is 1. The molecule has 1 aromatic rings. The average Bonchev–Trinajstić information content (AvgIpc) is 2.73. The fourth-order valence-corrected chi connectivity index (χ4v) is 1.72. The van der Waals surface area contributed by atoms with Crippen LogP contribution >= 0.6 is 0 Å². The molecule has 2 rings (SSSR count). The topological polar surface area (TPSA) is 38.3 Å². The number of benzene rings is 1. The highest BCUT2D eigenvalue weighted by Gasteiger charge is 2.17. The van der Waals surface area contributed by atoms with Gasteiger partial charge in [0.25, 0.3) is 0 Å². The third kappa shape index (κ3) is 1.88. The maximum absolute atomic E-state index is 11.9. The van der Waals surface area contributed by atoms with Crippen LogP contribution in [0.2, 0.25) is 0 Å². The van der Waals surface area contributed by atoms with Gasteiger partial charge in [-0.2, -0.15) is 0 Å². The molecule has 3 heteroatoms. The van der Waals surface area contributed by atoms with Gasteiger partial charge in [0.05, 0.1) is 12.6 Å². The zero-order chi connectivity index (χ0) is 10.8. The van der Waals surface area contributed by atoms with Crippen molar-refractivity contribution < 1.29 is 9.53 Å². The molecule has 1 unspecified atom stereocenters. The van der Waals surface area contributed by atoms with E-state index in [0.717, 1.165) is 29.9 Å². The molecule has 1 aromatic carbocycles. The molecular weight excluding hydrogens is 190 g/mol. The third-order valence-electron chi connectivity index (χ3n) is 2.80. The van der Waals surface area contributed by atoms with E-state index in [1.54, 1.807) is 7.05 Å². The van der Waals surface area contributed by atoms with Gasteiger partial charge >= 0.3 is 0 Å². The minimum atomic E-state index is -0.134. The Hall–Kier alpha value is -1.35. The van der Waals surface area contributed by atoms with Gasteiger partial charge in [0.15, 0.2) is 5.78 Å². The lowest BCUT2D eigenvalue weighted by Crippen LogP contribution is -2.30. The summed E-state index contributed by atoms with van der Waals surface area (Å²) < 4.78 is 5.39. The quantitative estimate of drug-likeness (QED) is 0.758. The van der Waals surface area contributed by atoms with Crippen LogP contribution in [0.3, 0.4) is 0 Å². The SMILES string of the molecule is CNC(C)C(=O)c1ccc2c(c1)CCO2. The van der Waals surface area contributed by atoms with Gasteiger partial charge in [0.1, 0.15) is 5.75 Å². The maximum atomic E-state index is 11.9. The standard InChI is InChI=1S/C12H15NO2/c1-8(13-2)12(14)10-3-4-11-9(7-10)5-6-15-11/h3-4,7-8,13H,5-6H2,1-2H3. The molecule has 1 aliphatic rings. The Morgan fingerprint density at radius 1 is 1.53 bits per heavy atom. The summed E-state index contributed by atoms with van der Waals surface area (Å²) in [6.07, 6.45) is 0.907. The fourth-order valence-electron chi connectivity index (χ4n) is 1.72. The number of carbonyl (C=O) groups excluding carboxylic acids is 1. The lowest BCUT2D eigenvalue weighted by molar-refractivity contribution is 0.0955. The summed E-state index contributed by atoms with van der Waals surface area (Å²) in [6.45, 7) is 2.60. The molecule has 1 N–H and O–H groups in total. The molecule has 0 amide bonds. The van der Waals surface area contributed by atoms with Crippen LogP contribution in [0.1, 0.15) is 22.8 Å². The van der Waals surface area contributed by atoms with Gasteiger partial charge in [-0.05, 0) is 37.7 Å². The second-order valence-electron chi connectivity index (χ2n) is 3.80. The molecule has 0 spiro atoms. The van der Waals surface area contributed by atoms with Gasteiger partial charge in [-0.3, -0.25) is 4.79 Å². The van der Waals surface area contributed by atoms with E-state index in [-0.39, 0.29) is 11.8 Å². The van der Waals surface area contributed by atoms with Crippen molar-refractivity contribution >= 4 is 5.78 Å². The van der Waals surface area contributed by atoms with E-state index in [0.29, 0.717) is 0 Å². The molecule has 1 atom stereocenters. The van der Waals surface area contributed by atoms with Gasteiger partial charge in [-0.25, -0.2) is 0 Å². The van der Waals surface area contributed by atoms with E-state index in [1.165, 1.54) is 0 Å². The summed E-state index contributed by atoms with van der Waals surface area (Å²) in [7, 11) is 1.79. The van der Waals surface area contributed by atoms with Crippen molar-refractivity contribution in [1.82, 2.24) is 5.32 Å². The Balaban J connectivity index is 2.26. The van der Waals surface area contributed by atoms with Crippen LogP contribution in [0.5, 0.6) is 5.75 Å². The number of ether oxygens (including phenoxy) is 1. The lowest BCUT2D eigenvalue weighted by Gasteiger charge is -2.09. The number of Topliss-reactive ketones (excluding diaryl/α,β-unsaturated/α-hetero) is 1. The van der Waals surface area contributed by atoms with E-state index in [2.05, 4.69) is 5.32 Å². The molecule has 0 saturated carbocycles. The van der Waals surface area contributed by atoms with Crippen molar-refractivity contribution in [2.24, 2.45) is 0 Å². The van der Waals surface area contributed by atoms with Crippen molar-refractivity contribution in [2.75, 3.05) is 13.7 Å². The van der Waals surface area contributed by atoms with Gasteiger partial charge in [-0.1, -0.05) is 0 Å². The molecule has 0 aromatic heterocycles. The van der Waals surface area contributed by atoms with Crippen molar-refractivity contribution in [3.63, 3.8) is 0 Å². The normalized spacial score (nSPS) is 15.6. The van der Waals surface area contributed by atoms with Crippen LogP contribution in [-0.2, 0) is 6.42 Å². The summed E-state index contributed by atoms with van der Waals surface area (Å²) in [5.74, 6) is 1.05. The second-order valence-corrected chi connectivity index (χ2v) is 3.80. The molecule has 1 heterocycles. The van der Waals surface area contributed by atoms with Gasteiger partial charge in [0.2, 0.25) is 0 Å². The van der Waals surface area contributed by atoms with E-state index in [9.17, 15) is 4.79 Å². The highest BCUT2D eigenvalue weighted by atomic mass is 16.5. The monoisotopic (exact) mass is 205 g/mol. The summed E-state index contributed by atoms with van der Waals surface area (Å²) >= 11 is 0. The molecule has 0 saturated heterocycles. The van der Waals surface area contributed by atoms with Crippen LogP contribution in [0.25, 0.3) is 0 Å². The maximum Gasteiger partial charge on any atom is 0.179 e. The number of rotatable bonds is 3. The summed E-state index contributed by atoms with van der Waals surface area (Å²) in [4.78, 5) is 11.9. The van der Waals surface area contributed by atoms with Crippen LogP contribution in [0.15, 0.2) is 18.2 Å². The van der Waals surface area contributed by atoms with Crippen molar-refractivity contribution in [1.29, 1.82) is 0 Å². The van der Waals surface area contributed by atoms with E-state index >= 15 is 0 Å². The number of fused-ring (bicyclic) bond motifs is 1. The number of hydrogen-bond acceptors (Lipinski definition) is 3. The van der Waals surface area contributed by atoms with Crippen LogP contribution in [0.4, 0.5) is 0 Å². The average molecular weight is 205 g/mol. The van der Waals surface area contributed by atoms with E-state index in [1.807, 2.05) is 25.1 Å². The number of likely N-dealkylation sites (N-methyl/N-ethyl adjacent to an activating group) is 1. The summed E-state index contributed by atoms with van der Waals surface area (Å²) in [5.41, 5.74) is 1.91.